The summed E-state index contributed by atoms with van der Waals surface area (Å²) >= 11 is 0. The van der Waals surface area contributed by atoms with Gasteiger partial charge in [-0.2, -0.15) is 0 Å². The number of benzene rings is 2. The topological polar surface area (TPSA) is 46.2 Å². The summed E-state index contributed by atoms with van der Waals surface area (Å²) in [5.41, 5.74) is 1.23. The summed E-state index contributed by atoms with van der Waals surface area (Å²) in [7, 11) is -3.71. The zero-order valence-electron chi connectivity index (χ0n) is 13.6. The molecule has 0 aliphatic carbocycles. The molecule has 0 saturated heterocycles. The monoisotopic (exact) mass is 335 g/mol. The molecule has 0 fully saturated rings. The predicted octanol–water partition coefficient (Wildman–Crippen LogP) is 4.20. The van der Waals surface area contributed by atoms with Gasteiger partial charge in [-0.15, -0.1) is 0 Å². The maximum absolute atomic E-state index is 13.4. The average Bonchev–Trinajstić information content (AvgIpc) is 2.49. The van der Waals surface area contributed by atoms with E-state index in [4.69, 9.17) is 0 Å². The van der Waals surface area contributed by atoms with E-state index in [-0.39, 0.29) is 10.9 Å². The molecule has 0 heterocycles. The van der Waals surface area contributed by atoms with Crippen LogP contribution in [0, 0.1) is 18.7 Å². The Morgan fingerprint density at radius 2 is 1.74 bits per heavy atom. The van der Waals surface area contributed by atoms with Crippen molar-refractivity contribution >= 4 is 10.0 Å². The van der Waals surface area contributed by atoms with Gasteiger partial charge in [0.1, 0.15) is 5.82 Å². The first-order valence-corrected chi connectivity index (χ1v) is 9.11. The molecule has 0 bridgehead atoms. The van der Waals surface area contributed by atoms with E-state index in [1.807, 2.05) is 44.2 Å². The Hall–Kier alpha value is -1.72. The van der Waals surface area contributed by atoms with Crippen molar-refractivity contribution < 1.29 is 12.8 Å². The van der Waals surface area contributed by atoms with E-state index in [2.05, 4.69) is 4.72 Å². The van der Waals surface area contributed by atoms with Gasteiger partial charge in [-0.05, 0) is 48.6 Å². The van der Waals surface area contributed by atoms with Crippen LogP contribution in [0.25, 0.3) is 0 Å². The number of hydrogen-bond donors (Lipinski definition) is 1. The molecular weight excluding hydrogens is 313 g/mol. The largest absolute Gasteiger partial charge is 0.241 e. The van der Waals surface area contributed by atoms with Gasteiger partial charge < -0.3 is 0 Å². The molecule has 0 amide bonds. The SMILES string of the molecule is Cc1cc(S(=O)(=O)N[C@H](CC(C)C)c2ccccc2)ccc1F. The predicted molar refractivity (Wildman–Crippen MR) is 90.1 cm³/mol. The van der Waals surface area contributed by atoms with Crippen molar-refractivity contribution in [3.05, 3.63) is 65.5 Å². The Morgan fingerprint density at radius 3 is 2.30 bits per heavy atom. The first-order valence-electron chi connectivity index (χ1n) is 7.63. The molecule has 23 heavy (non-hydrogen) atoms. The highest BCUT2D eigenvalue weighted by Crippen LogP contribution is 2.24. The average molecular weight is 335 g/mol. The van der Waals surface area contributed by atoms with Crippen molar-refractivity contribution in [3.8, 4) is 0 Å². The molecular formula is C18H22FNO2S. The minimum absolute atomic E-state index is 0.0843. The van der Waals surface area contributed by atoms with Gasteiger partial charge in [0.05, 0.1) is 4.90 Å². The van der Waals surface area contributed by atoms with Crippen LogP contribution >= 0.6 is 0 Å². The Morgan fingerprint density at radius 1 is 1.09 bits per heavy atom. The van der Waals surface area contributed by atoms with E-state index < -0.39 is 15.8 Å². The summed E-state index contributed by atoms with van der Waals surface area (Å²) in [5.74, 6) is -0.0800. The van der Waals surface area contributed by atoms with Crippen LogP contribution in [0.3, 0.4) is 0 Å². The molecule has 0 radical (unpaired) electrons. The first-order chi connectivity index (χ1) is 10.8. The molecule has 124 valence electrons. The van der Waals surface area contributed by atoms with Gasteiger partial charge in [-0.1, -0.05) is 44.2 Å². The smallest absolute Gasteiger partial charge is 0.207 e. The molecule has 1 N–H and O–H groups in total. The lowest BCUT2D eigenvalue weighted by molar-refractivity contribution is 0.472. The Labute approximate surface area is 137 Å². The number of sulfonamides is 1. The highest BCUT2D eigenvalue weighted by molar-refractivity contribution is 7.89. The van der Waals surface area contributed by atoms with Gasteiger partial charge in [0, 0.05) is 6.04 Å². The van der Waals surface area contributed by atoms with E-state index in [0.29, 0.717) is 17.9 Å². The molecule has 1 atom stereocenters. The minimum Gasteiger partial charge on any atom is -0.207 e. The highest BCUT2D eigenvalue weighted by Gasteiger charge is 2.22. The second-order valence-corrected chi connectivity index (χ2v) is 7.84. The minimum atomic E-state index is -3.71. The summed E-state index contributed by atoms with van der Waals surface area (Å²) < 4.78 is 41.4. The third-order valence-electron chi connectivity index (χ3n) is 3.65. The summed E-state index contributed by atoms with van der Waals surface area (Å²) in [6.07, 6.45) is 0.684. The van der Waals surface area contributed by atoms with Crippen LogP contribution in [0.2, 0.25) is 0 Å². The quantitative estimate of drug-likeness (QED) is 0.860. The fourth-order valence-electron chi connectivity index (χ4n) is 2.45. The molecule has 2 aromatic rings. The van der Waals surface area contributed by atoms with Gasteiger partial charge >= 0.3 is 0 Å². The maximum Gasteiger partial charge on any atom is 0.241 e. The van der Waals surface area contributed by atoms with E-state index in [1.54, 1.807) is 6.92 Å². The first kappa shape index (κ1) is 17.6. The van der Waals surface area contributed by atoms with Gasteiger partial charge in [-0.3, -0.25) is 0 Å². The van der Waals surface area contributed by atoms with Crippen LogP contribution in [-0.4, -0.2) is 8.42 Å². The second kappa shape index (κ2) is 7.23. The molecule has 0 saturated carbocycles. The summed E-state index contributed by atoms with van der Waals surface area (Å²) in [4.78, 5) is 0.0843. The van der Waals surface area contributed by atoms with Crippen LogP contribution in [0.15, 0.2) is 53.4 Å². The van der Waals surface area contributed by atoms with E-state index in [9.17, 15) is 12.8 Å². The van der Waals surface area contributed by atoms with Crippen LogP contribution in [0.5, 0.6) is 0 Å². The van der Waals surface area contributed by atoms with Gasteiger partial charge in [0.2, 0.25) is 10.0 Å². The molecule has 3 nitrogen and oxygen atoms in total. The number of aryl methyl sites for hydroxylation is 1. The molecule has 0 unspecified atom stereocenters. The summed E-state index contributed by atoms with van der Waals surface area (Å²) in [6, 6.07) is 13.0. The summed E-state index contributed by atoms with van der Waals surface area (Å²) in [5, 5.41) is 0. The van der Waals surface area contributed by atoms with Gasteiger partial charge in [0.15, 0.2) is 0 Å². The molecule has 5 heteroatoms. The van der Waals surface area contributed by atoms with Gasteiger partial charge in [-0.25, -0.2) is 17.5 Å². The third kappa shape index (κ3) is 4.62. The Bertz CT molecular complexity index is 758. The third-order valence-corrected chi connectivity index (χ3v) is 5.12. The molecule has 2 rings (SSSR count). The maximum atomic E-state index is 13.4. The fraction of sp³-hybridized carbons (Fsp3) is 0.333. The molecule has 2 aromatic carbocycles. The lowest BCUT2D eigenvalue weighted by Crippen LogP contribution is -2.29. The number of nitrogens with one attached hydrogen (secondary N) is 1. The lowest BCUT2D eigenvalue weighted by atomic mass is 9.98. The fourth-order valence-corrected chi connectivity index (χ4v) is 3.77. The number of halogens is 1. The van der Waals surface area contributed by atoms with Crippen molar-refractivity contribution in [2.24, 2.45) is 5.92 Å². The van der Waals surface area contributed by atoms with Crippen LogP contribution in [-0.2, 0) is 10.0 Å². The van der Waals surface area contributed by atoms with Crippen molar-refractivity contribution in [3.63, 3.8) is 0 Å². The van der Waals surface area contributed by atoms with Gasteiger partial charge in [0.25, 0.3) is 0 Å². The van der Waals surface area contributed by atoms with E-state index in [0.717, 1.165) is 5.56 Å². The normalized spacial score (nSPS) is 13.3. The van der Waals surface area contributed by atoms with Crippen LogP contribution in [0.4, 0.5) is 4.39 Å². The highest BCUT2D eigenvalue weighted by atomic mass is 32.2. The van der Waals surface area contributed by atoms with Crippen molar-refractivity contribution in [1.29, 1.82) is 0 Å². The Kier molecular flexibility index (Phi) is 5.55. The van der Waals surface area contributed by atoms with Crippen LogP contribution in [0.1, 0.15) is 37.4 Å². The molecule has 0 aliphatic heterocycles. The van der Waals surface area contributed by atoms with Crippen molar-refractivity contribution in [2.45, 2.75) is 38.1 Å². The Balaban J connectivity index is 2.32. The molecule has 0 aromatic heterocycles. The van der Waals surface area contributed by atoms with E-state index >= 15 is 0 Å². The summed E-state index contributed by atoms with van der Waals surface area (Å²) in [6.45, 7) is 5.65. The lowest BCUT2D eigenvalue weighted by Gasteiger charge is -2.21. The zero-order valence-corrected chi connectivity index (χ0v) is 14.4. The van der Waals surface area contributed by atoms with Crippen molar-refractivity contribution in [1.82, 2.24) is 4.72 Å². The second-order valence-electron chi connectivity index (χ2n) is 6.13. The number of hydrogen-bond acceptors (Lipinski definition) is 2. The standard InChI is InChI=1S/C18H22FNO2S/c1-13(2)11-18(15-7-5-4-6-8-15)20-23(21,22)16-9-10-17(19)14(3)12-16/h4-10,12-13,18,20H,11H2,1-3H3/t18-/m1/s1. The van der Waals surface area contributed by atoms with Crippen molar-refractivity contribution in [2.75, 3.05) is 0 Å². The molecule has 0 aliphatic rings. The zero-order chi connectivity index (χ0) is 17.0. The van der Waals surface area contributed by atoms with E-state index in [1.165, 1.54) is 18.2 Å². The molecule has 0 spiro atoms. The number of rotatable bonds is 6. The van der Waals surface area contributed by atoms with Crippen LogP contribution < -0.4 is 4.72 Å².